The number of nitrogens with zero attached hydrogens (tertiary/aromatic N) is 2. The van der Waals surface area contributed by atoms with Crippen molar-refractivity contribution in [3.8, 4) is 0 Å². The zero-order chi connectivity index (χ0) is 16.9. The van der Waals surface area contributed by atoms with Gasteiger partial charge in [0.15, 0.2) is 0 Å². The second kappa shape index (κ2) is 7.38. The predicted octanol–water partition coefficient (Wildman–Crippen LogP) is 0.847. The highest BCUT2D eigenvalue weighted by Gasteiger charge is 2.15. The normalized spacial score (nSPS) is 12.8. The molecular weight excluding hydrogens is 316 g/mol. The first-order chi connectivity index (χ1) is 10.9. The van der Waals surface area contributed by atoms with E-state index in [1.54, 1.807) is 49.6 Å². The van der Waals surface area contributed by atoms with Gasteiger partial charge in [-0.3, -0.25) is 9.48 Å². The number of hydrogen-bond donors (Lipinski definition) is 2. The van der Waals surface area contributed by atoms with Crippen molar-refractivity contribution in [2.45, 2.75) is 24.8 Å². The van der Waals surface area contributed by atoms with Crippen molar-refractivity contribution in [3.63, 3.8) is 0 Å². The quantitative estimate of drug-likeness (QED) is 0.733. The van der Waals surface area contributed by atoms with Crippen LogP contribution in [0.25, 0.3) is 0 Å². The highest BCUT2D eigenvalue weighted by Crippen LogP contribution is 2.09. The van der Waals surface area contributed by atoms with Crippen LogP contribution >= 0.6 is 0 Å². The Morgan fingerprint density at radius 1 is 1.26 bits per heavy atom. The smallest absolute Gasteiger partial charge is 0.244 e. The fourth-order valence-electron chi connectivity index (χ4n) is 1.95. The minimum Gasteiger partial charge on any atom is -0.353 e. The maximum atomic E-state index is 12.1. The Morgan fingerprint density at radius 3 is 2.57 bits per heavy atom. The van der Waals surface area contributed by atoms with Crippen molar-refractivity contribution in [2.75, 3.05) is 13.1 Å². The van der Waals surface area contributed by atoms with E-state index < -0.39 is 16.1 Å². The number of hydrogen-bond acceptors (Lipinski definition) is 4. The molecule has 1 amide bonds. The van der Waals surface area contributed by atoms with Gasteiger partial charge < -0.3 is 5.32 Å². The molecule has 2 aromatic rings. The standard InChI is InChI=1S/C15H20N4O3S/c1-12-4-6-14(7-5-12)23(21,22)18-10-9-16-15(20)13(2)19-11-3-8-17-19/h3-8,11,13,18H,9-10H2,1-2H3,(H,16,20). The molecule has 7 nitrogen and oxygen atoms in total. The number of aromatic nitrogens is 2. The van der Waals surface area contributed by atoms with Crippen LogP contribution in [0.3, 0.4) is 0 Å². The van der Waals surface area contributed by atoms with Crippen LogP contribution < -0.4 is 10.0 Å². The molecule has 0 radical (unpaired) electrons. The van der Waals surface area contributed by atoms with Crippen LogP contribution in [0, 0.1) is 6.92 Å². The lowest BCUT2D eigenvalue weighted by molar-refractivity contribution is -0.124. The topological polar surface area (TPSA) is 93.1 Å². The largest absolute Gasteiger partial charge is 0.353 e. The Bertz CT molecular complexity index is 740. The van der Waals surface area contributed by atoms with E-state index in [0.717, 1.165) is 5.56 Å². The van der Waals surface area contributed by atoms with Gasteiger partial charge in [-0.15, -0.1) is 0 Å². The van der Waals surface area contributed by atoms with E-state index in [0.29, 0.717) is 0 Å². The second-order valence-electron chi connectivity index (χ2n) is 5.16. The van der Waals surface area contributed by atoms with Gasteiger partial charge >= 0.3 is 0 Å². The summed E-state index contributed by atoms with van der Waals surface area (Å²) in [6, 6.07) is 7.87. The van der Waals surface area contributed by atoms with Gasteiger partial charge in [0.1, 0.15) is 6.04 Å². The van der Waals surface area contributed by atoms with Gasteiger partial charge in [-0.25, -0.2) is 13.1 Å². The number of nitrogens with one attached hydrogen (secondary N) is 2. The number of sulfonamides is 1. The third-order valence-electron chi connectivity index (χ3n) is 3.35. The van der Waals surface area contributed by atoms with Gasteiger partial charge in [-0.05, 0) is 32.0 Å². The molecule has 124 valence electrons. The summed E-state index contributed by atoms with van der Waals surface area (Å²) in [6.45, 7) is 3.93. The Balaban J connectivity index is 1.80. The molecule has 0 fully saturated rings. The van der Waals surface area contributed by atoms with Gasteiger partial charge in [0.25, 0.3) is 0 Å². The molecule has 1 unspecified atom stereocenters. The number of aryl methyl sites for hydroxylation is 1. The summed E-state index contributed by atoms with van der Waals surface area (Å²) in [6.07, 6.45) is 3.30. The monoisotopic (exact) mass is 336 g/mol. The molecule has 0 saturated heterocycles. The predicted molar refractivity (Wildman–Crippen MR) is 86.3 cm³/mol. The first kappa shape index (κ1) is 17.2. The van der Waals surface area contributed by atoms with E-state index in [4.69, 9.17) is 0 Å². The SMILES string of the molecule is Cc1ccc(S(=O)(=O)NCCNC(=O)C(C)n2cccn2)cc1. The lowest BCUT2D eigenvalue weighted by Crippen LogP contribution is -2.37. The molecule has 0 aliphatic rings. The number of rotatable bonds is 7. The van der Waals surface area contributed by atoms with Crippen LogP contribution in [-0.4, -0.2) is 37.2 Å². The molecule has 0 aliphatic heterocycles. The third-order valence-corrected chi connectivity index (χ3v) is 4.83. The van der Waals surface area contributed by atoms with Crippen LogP contribution in [-0.2, 0) is 14.8 Å². The molecule has 0 aliphatic carbocycles. The van der Waals surface area contributed by atoms with Gasteiger partial charge in [0, 0.05) is 25.5 Å². The highest BCUT2D eigenvalue weighted by molar-refractivity contribution is 7.89. The molecule has 0 saturated carbocycles. The fraction of sp³-hybridized carbons (Fsp3) is 0.333. The van der Waals surface area contributed by atoms with Crippen molar-refractivity contribution >= 4 is 15.9 Å². The minimum absolute atomic E-state index is 0.119. The summed E-state index contributed by atoms with van der Waals surface area (Å²) in [5.74, 6) is -0.219. The molecule has 2 N–H and O–H groups in total. The average molecular weight is 336 g/mol. The summed E-state index contributed by atoms with van der Waals surface area (Å²) >= 11 is 0. The molecular formula is C15H20N4O3S. The number of amides is 1. The number of benzene rings is 1. The van der Waals surface area contributed by atoms with Crippen LogP contribution in [0.4, 0.5) is 0 Å². The maximum Gasteiger partial charge on any atom is 0.244 e. The summed E-state index contributed by atoms with van der Waals surface area (Å²) in [7, 11) is -3.56. The third kappa shape index (κ3) is 4.64. The van der Waals surface area contributed by atoms with Crippen LogP contribution in [0.5, 0.6) is 0 Å². The Hall–Kier alpha value is -2.19. The van der Waals surface area contributed by atoms with E-state index in [1.165, 1.54) is 4.68 Å². The second-order valence-corrected chi connectivity index (χ2v) is 6.93. The summed E-state index contributed by atoms with van der Waals surface area (Å²) in [5, 5.41) is 6.67. The van der Waals surface area contributed by atoms with E-state index in [9.17, 15) is 13.2 Å². The van der Waals surface area contributed by atoms with E-state index in [-0.39, 0.29) is 23.9 Å². The molecule has 1 heterocycles. The molecule has 8 heteroatoms. The van der Waals surface area contributed by atoms with E-state index >= 15 is 0 Å². The number of carbonyl (C=O) groups excluding carboxylic acids is 1. The van der Waals surface area contributed by atoms with Gasteiger partial charge in [0.05, 0.1) is 4.90 Å². The molecule has 2 rings (SSSR count). The minimum atomic E-state index is -3.56. The first-order valence-electron chi connectivity index (χ1n) is 7.23. The molecule has 23 heavy (non-hydrogen) atoms. The Labute approximate surface area is 135 Å². The van der Waals surface area contributed by atoms with Crippen LogP contribution in [0.15, 0.2) is 47.6 Å². The Morgan fingerprint density at radius 2 is 1.96 bits per heavy atom. The van der Waals surface area contributed by atoms with Crippen molar-refractivity contribution in [3.05, 3.63) is 48.3 Å². The Kier molecular flexibility index (Phi) is 5.51. The summed E-state index contributed by atoms with van der Waals surface area (Å²) < 4.78 is 28.1. The van der Waals surface area contributed by atoms with Crippen LogP contribution in [0.1, 0.15) is 18.5 Å². The van der Waals surface area contributed by atoms with Crippen LogP contribution in [0.2, 0.25) is 0 Å². The van der Waals surface area contributed by atoms with Gasteiger partial charge in [-0.2, -0.15) is 5.10 Å². The average Bonchev–Trinajstić information content (AvgIpc) is 3.05. The lowest BCUT2D eigenvalue weighted by Gasteiger charge is -2.13. The highest BCUT2D eigenvalue weighted by atomic mass is 32.2. The molecule has 1 atom stereocenters. The molecule has 0 spiro atoms. The zero-order valence-electron chi connectivity index (χ0n) is 13.1. The first-order valence-corrected chi connectivity index (χ1v) is 8.71. The van der Waals surface area contributed by atoms with E-state index in [2.05, 4.69) is 15.1 Å². The molecule has 1 aromatic carbocycles. The van der Waals surface area contributed by atoms with Crippen molar-refractivity contribution in [1.82, 2.24) is 19.8 Å². The van der Waals surface area contributed by atoms with Crippen molar-refractivity contribution in [1.29, 1.82) is 0 Å². The van der Waals surface area contributed by atoms with Gasteiger partial charge in [-0.1, -0.05) is 17.7 Å². The molecule has 1 aromatic heterocycles. The number of carbonyl (C=O) groups is 1. The fourth-order valence-corrected chi connectivity index (χ4v) is 2.98. The zero-order valence-corrected chi connectivity index (χ0v) is 13.9. The lowest BCUT2D eigenvalue weighted by atomic mass is 10.2. The maximum absolute atomic E-state index is 12.1. The molecule has 0 bridgehead atoms. The summed E-state index contributed by atoms with van der Waals surface area (Å²) in [5.41, 5.74) is 0.990. The van der Waals surface area contributed by atoms with Crippen molar-refractivity contribution < 1.29 is 13.2 Å². The summed E-state index contributed by atoms with van der Waals surface area (Å²) in [4.78, 5) is 12.1. The van der Waals surface area contributed by atoms with Gasteiger partial charge in [0.2, 0.25) is 15.9 Å². The van der Waals surface area contributed by atoms with E-state index in [1.807, 2.05) is 6.92 Å². The van der Waals surface area contributed by atoms with Crippen molar-refractivity contribution in [2.24, 2.45) is 0 Å².